The molecule has 0 aliphatic heterocycles. The van der Waals surface area contributed by atoms with E-state index in [4.69, 9.17) is 5.40 Å². The quantitative estimate of drug-likeness (QED) is 0.556. The van der Waals surface area contributed by atoms with Crippen LogP contribution in [-0.4, -0.2) is 18.2 Å². The molecule has 0 aliphatic carbocycles. The Morgan fingerprint density at radius 3 is 2.00 bits per heavy atom. The smallest absolute Gasteiger partial charge is 0.117 e. The summed E-state index contributed by atoms with van der Waals surface area (Å²) in [5.74, 6) is 0. The average molecular weight is 181 g/mol. The van der Waals surface area contributed by atoms with Gasteiger partial charge in [0.15, 0.2) is 0 Å². The van der Waals surface area contributed by atoms with Gasteiger partial charge in [-0.25, -0.2) is 0 Å². The number of benzene rings is 1. The Balaban J connectivity index is 3.08. The maximum absolute atomic E-state index is 5.95. The molecule has 11 heavy (non-hydrogen) atoms. The van der Waals surface area contributed by atoms with Crippen molar-refractivity contribution in [1.29, 1.82) is 0 Å². The molecular formula is C8H15NSi2. The van der Waals surface area contributed by atoms with Gasteiger partial charge in [0.1, 0.15) is 8.48 Å². The number of rotatable bonds is 1. The lowest BCUT2D eigenvalue weighted by atomic mass is 10.2. The predicted octanol–water partition coefficient (Wildman–Crippen LogP) is -0.945. The summed E-state index contributed by atoms with van der Waals surface area (Å²) < 4.78 is 0. The lowest BCUT2D eigenvalue weighted by molar-refractivity contribution is 1.40. The van der Waals surface area contributed by atoms with Gasteiger partial charge in [0.2, 0.25) is 0 Å². The highest BCUT2D eigenvalue weighted by Crippen LogP contribution is 1.99. The third kappa shape index (κ3) is 2.29. The van der Waals surface area contributed by atoms with E-state index in [1.807, 2.05) is 0 Å². The molecule has 1 atom stereocenters. The average Bonchev–Trinajstić information content (AvgIpc) is 1.85. The first-order valence-electron chi connectivity index (χ1n) is 3.93. The maximum atomic E-state index is 5.95. The first-order chi connectivity index (χ1) is 5.09. The van der Waals surface area contributed by atoms with Crippen LogP contribution in [0.1, 0.15) is 11.1 Å². The van der Waals surface area contributed by atoms with Gasteiger partial charge in [0.25, 0.3) is 0 Å². The zero-order chi connectivity index (χ0) is 8.43. The second-order valence-corrected chi connectivity index (χ2v) is 9.19. The molecule has 0 amide bonds. The van der Waals surface area contributed by atoms with E-state index >= 15 is 0 Å². The zero-order valence-corrected chi connectivity index (χ0v) is 10.5. The molecule has 3 heteroatoms. The summed E-state index contributed by atoms with van der Waals surface area (Å²) >= 11 is 0. The van der Waals surface area contributed by atoms with Crippen LogP contribution in [0.3, 0.4) is 0 Å². The molecule has 0 radical (unpaired) electrons. The highest BCUT2D eigenvalue weighted by molar-refractivity contribution is 7.09. The second-order valence-electron chi connectivity index (χ2n) is 3.21. The number of nitrogens with two attached hydrogens (primary N) is 1. The van der Waals surface area contributed by atoms with Crippen LogP contribution in [0.25, 0.3) is 0 Å². The summed E-state index contributed by atoms with van der Waals surface area (Å²) in [6.07, 6.45) is 0. The van der Waals surface area contributed by atoms with Gasteiger partial charge in [-0.1, -0.05) is 34.5 Å². The van der Waals surface area contributed by atoms with Gasteiger partial charge in [-0.15, -0.1) is 0 Å². The van der Waals surface area contributed by atoms with E-state index in [9.17, 15) is 0 Å². The van der Waals surface area contributed by atoms with Crippen LogP contribution in [-0.2, 0) is 0 Å². The van der Waals surface area contributed by atoms with Crippen molar-refractivity contribution in [2.75, 3.05) is 0 Å². The summed E-state index contributed by atoms with van der Waals surface area (Å²) in [6, 6.07) is 6.66. The van der Waals surface area contributed by atoms with Crippen LogP contribution in [0.2, 0.25) is 0 Å². The standard InChI is InChI=1S/C8H15NSi2/c1-6-3-7(2)5-8(4-6)11(9)10/h3-5,11H,9H2,1-2,10H3. The van der Waals surface area contributed by atoms with Crippen molar-refractivity contribution in [2.45, 2.75) is 13.8 Å². The van der Waals surface area contributed by atoms with Gasteiger partial charge in [0, 0.05) is 9.76 Å². The molecule has 60 valence electrons. The van der Waals surface area contributed by atoms with E-state index in [1.165, 1.54) is 26.1 Å². The number of hydrogen-bond donors (Lipinski definition) is 1. The van der Waals surface area contributed by atoms with E-state index in [0.29, 0.717) is 0 Å². The van der Waals surface area contributed by atoms with Crippen LogP contribution in [0, 0.1) is 13.8 Å². The Labute approximate surface area is 72.5 Å². The monoisotopic (exact) mass is 181 g/mol. The number of aryl methyl sites for hydroxylation is 2. The van der Waals surface area contributed by atoms with Gasteiger partial charge < -0.3 is 5.40 Å². The van der Waals surface area contributed by atoms with Crippen molar-refractivity contribution >= 4 is 23.4 Å². The van der Waals surface area contributed by atoms with Gasteiger partial charge in [0.05, 0.1) is 0 Å². The Kier molecular flexibility index (Phi) is 2.64. The largest absolute Gasteiger partial charge is 0.352 e. The molecule has 1 aromatic rings. The van der Waals surface area contributed by atoms with Crippen LogP contribution in [0.5, 0.6) is 0 Å². The van der Waals surface area contributed by atoms with Crippen molar-refractivity contribution in [3.05, 3.63) is 29.3 Å². The molecule has 0 saturated heterocycles. The normalized spacial score (nSPS) is 13.4. The van der Waals surface area contributed by atoms with Crippen molar-refractivity contribution in [3.63, 3.8) is 0 Å². The molecule has 1 nitrogen and oxygen atoms in total. The van der Waals surface area contributed by atoms with Crippen LogP contribution >= 0.6 is 0 Å². The molecule has 2 N–H and O–H groups in total. The molecule has 0 saturated carbocycles. The molecule has 0 fully saturated rings. The molecule has 0 aliphatic rings. The lowest BCUT2D eigenvalue weighted by Gasteiger charge is -2.06. The first kappa shape index (κ1) is 8.71. The van der Waals surface area contributed by atoms with E-state index in [-0.39, 0.29) is 0 Å². The molecule has 1 aromatic carbocycles. The fourth-order valence-corrected chi connectivity index (χ4v) is 3.32. The third-order valence-electron chi connectivity index (χ3n) is 1.77. The molecular weight excluding hydrogens is 166 g/mol. The number of hydrogen-bond acceptors (Lipinski definition) is 1. The SMILES string of the molecule is Cc1cc(C)cc([SiH](N)[SiH3])c1. The van der Waals surface area contributed by atoms with Gasteiger partial charge in [-0.2, -0.15) is 0 Å². The predicted molar refractivity (Wildman–Crippen MR) is 56.8 cm³/mol. The zero-order valence-electron chi connectivity index (χ0n) is 7.39. The minimum Gasteiger partial charge on any atom is -0.352 e. The molecule has 0 aromatic heterocycles. The Bertz CT molecular complexity index is 238. The fourth-order valence-electron chi connectivity index (χ4n) is 1.27. The molecule has 1 unspecified atom stereocenters. The fraction of sp³-hybridized carbons (Fsp3) is 0.250. The summed E-state index contributed by atoms with van der Waals surface area (Å²) in [5, 5.41) is 7.38. The van der Waals surface area contributed by atoms with E-state index < -0.39 is 8.48 Å². The third-order valence-corrected chi connectivity index (χ3v) is 5.15. The first-order valence-corrected chi connectivity index (χ1v) is 9.79. The molecule has 0 heterocycles. The van der Waals surface area contributed by atoms with Gasteiger partial charge in [-0.05, 0) is 13.8 Å². The summed E-state index contributed by atoms with van der Waals surface area (Å²) in [5.41, 5.74) is 2.69. The van der Waals surface area contributed by atoms with Crippen molar-refractivity contribution in [3.8, 4) is 0 Å². The summed E-state index contributed by atoms with van der Waals surface area (Å²) in [7, 11) is 0.223. The topological polar surface area (TPSA) is 26.0 Å². The Hall–Kier alpha value is -0.386. The van der Waals surface area contributed by atoms with Crippen LogP contribution in [0.15, 0.2) is 18.2 Å². The van der Waals surface area contributed by atoms with E-state index in [1.54, 1.807) is 0 Å². The highest BCUT2D eigenvalue weighted by Gasteiger charge is 2.01. The van der Waals surface area contributed by atoms with Crippen LogP contribution in [0.4, 0.5) is 0 Å². The van der Waals surface area contributed by atoms with Crippen LogP contribution < -0.4 is 10.6 Å². The van der Waals surface area contributed by atoms with E-state index in [0.717, 1.165) is 0 Å². The van der Waals surface area contributed by atoms with Gasteiger partial charge >= 0.3 is 0 Å². The molecule has 0 spiro atoms. The molecule has 0 bridgehead atoms. The van der Waals surface area contributed by atoms with Crippen molar-refractivity contribution < 1.29 is 0 Å². The Morgan fingerprint density at radius 1 is 1.18 bits per heavy atom. The second kappa shape index (κ2) is 3.34. The Morgan fingerprint density at radius 2 is 1.64 bits per heavy atom. The van der Waals surface area contributed by atoms with Crippen molar-refractivity contribution in [1.82, 2.24) is 0 Å². The maximum Gasteiger partial charge on any atom is 0.117 e. The highest BCUT2D eigenvalue weighted by atomic mass is 29.2. The summed E-state index contributed by atoms with van der Waals surface area (Å²) in [4.78, 5) is 0. The van der Waals surface area contributed by atoms with Crippen molar-refractivity contribution in [2.24, 2.45) is 5.40 Å². The summed E-state index contributed by atoms with van der Waals surface area (Å²) in [6.45, 7) is 4.27. The molecule has 1 rings (SSSR count). The van der Waals surface area contributed by atoms with Gasteiger partial charge in [-0.3, -0.25) is 0 Å². The minimum absolute atomic E-state index is 0.946. The lowest BCUT2D eigenvalue weighted by Crippen LogP contribution is -2.40. The van der Waals surface area contributed by atoms with E-state index in [2.05, 4.69) is 32.0 Å². The minimum atomic E-state index is -0.946.